The van der Waals surface area contributed by atoms with E-state index in [9.17, 15) is 14.4 Å². The number of carbonyl (C=O) groups excluding carboxylic acids is 1. The highest BCUT2D eigenvalue weighted by Crippen LogP contribution is 2.23. The van der Waals surface area contributed by atoms with E-state index in [1.807, 2.05) is 19.9 Å². The fourth-order valence-electron chi connectivity index (χ4n) is 2.17. The van der Waals surface area contributed by atoms with E-state index in [-0.39, 0.29) is 24.0 Å². The number of aromatic nitrogens is 1. The summed E-state index contributed by atoms with van der Waals surface area (Å²) in [5, 5.41) is 12.5. The number of pyridine rings is 1. The van der Waals surface area contributed by atoms with E-state index in [0.717, 1.165) is 11.3 Å². The maximum atomic E-state index is 13.5. The van der Waals surface area contributed by atoms with Crippen molar-refractivity contribution in [2.24, 2.45) is 0 Å². The molecule has 6 heteroatoms. The Morgan fingerprint density at radius 1 is 1.29 bits per heavy atom. The van der Waals surface area contributed by atoms with Crippen LogP contribution >= 0.6 is 11.8 Å². The molecular weight excluding hydrogens is 325 g/mol. The number of nitrogens with one attached hydrogen (secondary N) is 1. The molecule has 1 aromatic carbocycles. The van der Waals surface area contributed by atoms with Crippen LogP contribution in [0.5, 0.6) is 0 Å². The van der Waals surface area contributed by atoms with Gasteiger partial charge in [-0.25, -0.2) is 9.37 Å². The van der Waals surface area contributed by atoms with E-state index in [1.165, 1.54) is 17.8 Å². The second kappa shape index (κ2) is 7.93. The van der Waals surface area contributed by atoms with E-state index in [2.05, 4.69) is 16.4 Å². The Labute approximate surface area is 145 Å². The van der Waals surface area contributed by atoms with E-state index < -0.39 is 0 Å². The average molecular weight is 343 g/mol. The number of aryl methyl sites for hydroxylation is 3. The monoisotopic (exact) mass is 343 g/mol. The van der Waals surface area contributed by atoms with E-state index in [1.54, 1.807) is 19.1 Å². The predicted octanol–water partition coefficient (Wildman–Crippen LogP) is 3.43. The minimum Gasteiger partial charge on any atom is -0.351 e. The lowest BCUT2D eigenvalue weighted by Gasteiger charge is -2.08. The van der Waals surface area contributed by atoms with Crippen LogP contribution in [0.2, 0.25) is 0 Å². The summed E-state index contributed by atoms with van der Waals surface area (Å²) in [6.07, 6.45) is 0. The highest BCUT2D eigenvalue weighted by molar-refractivity contribution is 8.00. The molecule has 1 heterocycles. The van der Waals surface area contributed by atoms with E-state index in [4.69, 9.17) is 0 Å². The molecule has 0 unspecified atom stereocenters. The summed E-state index contributed by atoms with van der Waals surface area (Å²) < 4.78 is 13.5. The van der Waals surface area contributed by atoms with Gasteiger partial charge in [-0.2, -0.15) is 5.26 Å². The number of thioether (sulfide) groups is 1. The molecule has 0 saturated carbocycles. The van der Waals surface area contributed by atoms with Crippen molar-refractivity contribution in [3.63, 3.8) is 0 Å². The summed E-state index contributed by atoms with van der Waals surface area (Å²) in [6, 6.07) is 8.86. The van der Waals surface area contributed by atoms with Gasteiger partial charge in [0.1, 0.15) is 16.9 Å². The van der Waals surface area contributed by atoms with Crippen LogP contribution in [-0.4, -0.2) is 16.6 Å². The third-order valence-electron chi connectivity index (χ3n) is 3.49. The minimum atomic E-state index is -0.283. The standard InChI is InChI=1S/C18H18FN3OS/c1-11-4-5-14(7-16(11)19)9-21-17(23)10-24-18-15(8-20)12(2)6-13(3)22-18/h4-7H,9-10H2,1-3H3,(H,21,23). The number of nitrogens with zero attached hydrogens (tertiary/aromatic N) is 2. The van der Waals surface area contributed by atoms with Crippen molar-refractivity contribution in [1.82, 2.24) is 10.3 Å². The number of benzene rings is 1. The van der Waals surface area contributed by atoms with Crippen LogP contribution in [0.4, 0.5) is 4.39 Å². The lowest BCUT2D eigenvalue weighted by molar-refractivity contribution is -0.118. The molecule has 0 atom stereocenters. The third kappa shape index (κ3) is 4.56. The molecule has 124 valence electrons. The van der Waals surface area contributed by atoms with Gasteiger partial charge in [0, 0.05) is 12.2 Å². The molecule has 2 rings (SSSR count). The first-order valence-electron chi connectivity index (χ1n) is 7.43. The predicted molar refractivity (Wildman–Crippen MR) is 92.1 cm³/mol. The second-order valence-electron chi connectivity index (χ2n) is 5.52. The SMILES string of the molecule is Cc1cc(C)c(C#N)c(SCC(=O)NCc2ccc(C)c(F)c2)n1. The maximum absolute atomic E-state index is 13.5. The highest BCUT2D eigenvalue weighted by Gasteiger charge is 2.11. The van der Waals surface area contributed by atoms with Crippen LogP contribution in [0.3, 0.4) is 0 Å². The zero-order valence-corrected chi connectivity index (χ0v) is 14.6. The first kappa shape index (κ1) is 18.0. The van der Waals surface area contributed by atoms with Gasteiger partial charge in [-0.05, 0) is 49.6 Å². The van der Waals surface area contributed by atoms with Crippen LogP contribution in [0, 0.1) is 37.9 Å². The smallest absolute Gasteiger partial charge is 0.230 e. The zero-order valence-electron chi connectivity index (χ0n) is 13.8. The fourth-order valence-corrected chi connectivity index (χ4v) is 3.10. The average Bonchev–Trinajstić information content (AvgIpc) is 2.53. The molecular formula is C18H18FN3OS. The number of rotatable bonds is 5. The molecule has 0 aliphatic rings. The molecule has 0 saturated heterocycles. The van der Waals surface area contributed by atoms with Crippen molar-refractivity contribution in [3.8, 4) is 6.07 Å². The number of carbonyl (C=O) groups is 1. The Morgan fingerprint density at radius 3 is 2.71 bits per heavy atom. The van der Waals surface area contributed by atoms with Gasteiger partial charge >= 0.3 is 0 Å². The Balaban J connectivity index is 1.94. The van der Waals surface area contributed by atoms with Gasteiger partial charge in [0.05, 0.1) is 11.3 Å². The summed E-state index contributed by atoms with van der Waals surface area (Å²) in [5.41, 5.74) is 3.44. The van der Waals surface area contributed by atoms with Crippen LogP contribution in [0.1, 0.15) is 27.9 Å². The Hall–Kier alpha value is -2.39. The van der Waals surface area contributed by atoms with E-state index >= 15 is 0 Å². The molecule has 1 N–H and O–H groups in total. The minimum absolute atomic E-state index is 0.152. The van der Waals surface area contributed by atoms with Crippen LogP contribution in [0.15, 0.2) is 29.3 Å². The van der Waals surface area contributed by atoms with Crippen molar-refractivity contribution >= 4 is 17.7 Å². The molecule has 0 aliphatic carbocycles. The highest BCUT2D eigenvalue weighted by atomic mass is 32.2. The fraction of sp³-hybridized carbons (Fsp3) is 0.278. The first-order chi connectivity index (χ1) is 11.4. The normalized spacial score (nSPS) is 10.3. The maximum Gasteiger partial charge on any atom is 0.230 e. The molecule has 4 nitrogen and oxygen atoms in total. The largest absolute Gasteiger partial charge is 0.351 e. The molecule has 0 spiro atoms. The summed E-state index contributed by atoms with van der Waals surface area (Å²) in [7, 11) is 0. The van der Waals surface area contributed by atoms with Crippen molar-refractivity contribution in [1.29, 1.82) is 5.26 Å². The molecule has 0 radical (unpaired) electrons. The number of hydrogen-bond acceptors (Lipinski definition) is 4. The summed E-state index contributed by atoms with van der Waals surface area (Å²) >= 11 is 1.23. The van der Waals surface area contributed by atoms with Crippen molar-refractivity contribution in [2.75, 3.05) is 5.75 Å². The van der Waals surface area contributed by atoms with Crippen molar-refractivity contribution in [3.05, 3.63) is 58.0 Å². The molecule has 2 aromatic rings. The van der Waals surface area contributed by atoms with Gasteiger partial charge in [0.15, 0.2) is 0 Å². The summed E-state index contributed by atoms with van der Waals surface area (Å²) in [6.45, 7) is 5.66. The molecule has 1 amide bonds. The van der Waals surface area contributed by atoms with Crippen LogP contribution in [0.25, 0.3) is 0 Å². The van der Waals surface area contributed by atoms with Gasteiger partial charge in [-0.3, -0.25) is 4.79 Å². The molecule has 0 aliphatic heterocycles. The molecule has 0 bridgehead atoms. The number of hydrogen-bond donors (Lipinski definition) is 1. The third-order valence-corrected chi connectivity index (χ3v) is 4.46. The van der Waals surface area contributed by atoms with Gasteiger partial charge < -0.3 is 5.32 Å². The topological polar surface area (TPSA) is 65.8 Å². The van der Waals surface area contributed by atoms with Gasteiger partial charge in [-0.1, -0.05) is 23.9 Å². The summed E-state index contributed by atoms with van der Waals surface area (Å²) in [5.74, 6) is -0.320. The number of halogens is 1. The van der Waals surface area contributed by atoms with Gasteiger partial charge in [0.25, 0.3) is 0 Å². The quantitative estimate of drug-likeness (QED) is 0.845. The molecule has 1 aromatic heterocycles. The number of amides is 1. The Kier molecular flexibility index (Phi) is 5.93. The Morgan fingerprint density at radius 2 is 2.04 bits per heavy atom. The zero-order chi connectivity index (χ0) is 17.7. The number of nitriles is 1. The van der Waals surface area contributed by atoms with Crippen LogP contribution < -0.4 is 5.32 Å². The van der Waals surface area contributed by atoms with E-state index in [0.29, 0.717) is 21.7 Å². The summed E-state index contributed by atoms with van der Waals surface area (Å²) in [4.78, 5) is 16.3. The lowest BCUT2D eigenvalue weighted by Crippen LogP contribution is -2.24. The Bertz CT molecular complexity index is 815. The second-order valence-corrected chi connectivity index (χ2v) is 6.49. The van der Waals surface area contributed by atoms with Crippen molar-refractivity contribution < 1.29 is 9.18 Å². The van der Waals surface area contributed by atoms with Gasteiger partial charge in [0.2, 0.25) is 5.91 Å². The first-order valence-corrected chi connectivity index (χ1v) is 8.42. The molecule has 24 heavy (non-hydrogen) atoms. The van der Waals surface area contributed by atoms with Gasteiger partial charge in [-0.15, -0.1) is 0 Å². The van der Waals surface area contributed by atoms with Crippen molar-refractivity contribution in [2.45, 2.75) is 32.3 Å². The van der Waals surface area contributed by atoms with Crippen LogP contribution in [-0.2, 0) is 11.3 Å². The molecule has 0 fully saturated rings. The lowest BCUT2D eigenvalue weighted by atomic mass is 10.1.